The minimum atomic E-state index is -0.857. The zero-order valence-electron chi connectivity index (χ0n) is 44.0. The Labute approximate surface area is 451 Å². The third-order valence-electron chi connectivity index (χ3n) is 15.9. The molecule has 5 aromatic heterocycles. The van der Waals surface area contributed by atoms with Crippen LogP contribution in [0.5, 0.6) is 17.5 Å². The zero-order chi connectivity index (χ0) is 53.3. The van der Waals surface area contributed by atoms with Crippen LogP contribution in [0, 0.1) is 12.8 Å². The number of carbonyl (C=O) groups is 2. The number of aromatic nitrogens is 6. The van der Waals surface area contributed by atoms with E-state index in [1.807, 2.05) is 64.2 Å². The molecule has 6 aromatic rings. The summed E-state index contributed by atoms with van der Waals surface area (Å²) in [5.41, 5.74) is 13.9. The summed E-state index contributed by atoms with van der Waals surface area (Å²) in [6, 6.07) is 18.0. The molecule has 1 saturated carbocycles. The number of benzene rings is 1. The number of phenols is 1. The monoisotopic (exact) mass is 1070 g/mol. The van der Waals surface area contributed by atoms with Crippen LogP contribution in [0.15, 0.2) is 83.1 Å². The molecule has 1 aliphatic carbocycles. The van der Waals surface area contributed by atoms with Gasteiger partial charge in [0.15, 0.2) is 11.6 Å². The van der Waals surface area contributed by atoms with E-state index in [0.717, 1.165) is 92.2 Å². The van der Waals surface area contributed by atoms with Crippen molar-refractivity contribution in [1.82, 2.24) is 45.4 Å². The number of likely N-dealkylation sites (tertiary alicyclic amines) is 2. The van der Waals surface area contributed by atoms with Gasteiger partial charge in [0, 0.05) is 112 Å². The Morgan fingerprint density at radius 3 is 2.42 bits per heavy atom. The van der Waals surface area contributed by atoms with Crippen LogP contribution in [-0.4, -0.2) is 151 Å². The molecule has 21 heteroatoms. The number of hydrogen-bond donors (Lipinski definition) is 4. The number of fused-ring (bicyclic) bond motifs is 2. The number of carbonyl (C=O) groups excluding carboxylic acids is 2. The van der Waals surface area contributed by atoms with Gasteiger partial charge in [0.05, 0.1) is 57.5 Å². The van der Waals surface area contributed by atoms with Crippen LogP contribution in [0.3, 0.4) is 0 Å². The summed E-state index contributed by atoms with van der Waals surface area (Å²) >= 11 is 1.55. The lowest BCUT2D eigenvalue weighted by atomic mass is 9.91. The molecule has 2 bridgehead atoms. The van der Waals surface area contributed by atoms with E-state index in [1.54, 1.807) is 41.2 Å². The molecule has 1 aromatic carbocycles. The van der Waals surface area contributed by atoms with E-state index < -0.39 is 24.1 Å². The molecule has 4 saturated heterocycles. The van der Waals surface area contributed by atoms with Gasteiger partial charge >= 0.3 is 0 Å². The lowest BCUT2D eigenvalue weighted by Gasteiger charge is -2.43. The molecule has 4 aliphatic heterocycles. The van der Waals surface area contributed by atoms with Crippen molar-refractivity contribution < 1.29 is 38.5 Å². The molecule has 406 valence electrons. The second kappa shape index (κ2) is 22.6. The molecule has 5 N–H and O–H groups in total. The van der Waals surface area contributed by atoms with Crippen LogP contribution < -0.4 is 30.3 Å². The SMILES string of the molecule is Cc1ncsc1-c1ccc([C@H](C)NC(=O)[C@@H]2C[C@@H](O)CN2C(=O)[C@@H](c2cc(OCCN3CCC(O[C@H]4C[C@H](Oc5cc(N6C7CCC6CN(c6cc(-c8ccccc8O)nnc6N)C7)ccn5)C4)CC3)no2)C(C)C)nc1. The van der Waals surface area contributed by atoms with Crippen molar-refractivity contribution in [3.63, 3.8) is 0 Å². The number of para-hydroxylation sites is 1. The number of piperazine rings is 1. The largest absolute Gasteiger partial charge is 0.507 e. The molecule has 2 unspecified atom stereocenters. The summed E-state index contributed by atoms with van der Waals surface area (Å²) in [7, 11) is 0. The predicted molar refractivity (Wildman–Crippen MR) is 290 cm³/mol. The van der Waals surface area contributed by atoms with Gasteiger partial charge in [-0.15, -0.1) is 21.5 Å². The van der Waals surface area contributed by atoms with Crippen molar-refractivity contribution in [2.24, 2.45) is 5.92 Å². The Morgan fingerprint density at radius 2 is 1.69 bits per heavy atom. The average Bonchev–Trinajstić information content (AvgIpc) is 4.22. The smallest absolute Gasteiger partial charge is 0.254 e. The number of aliphatic hydroxyl groups is 1. The number of ether oxygens (including phenoxy) is 3. The van der Waals surface area contributed by atoms with Crippen molar-refractivity contribution in [2.45, 2.75) is 127 Å². The van der Waals surface area contributed by atoms with Crippen molar-refractivity contribution in [2.75, 3.05) is 61.4 Å². The number of aryl methyl sites for hydroxylation is 1. The minimum Gasteiger partial charge on any atom is -0.507 e. The van der Waals surface area contributed by atoms with E-state index >= 15 is 0 Å². The highest BCUT2D eigenvalue weighted by atomic mass is 32.1. The minimum absolute atomic E-state index is 0.0372. The predicted octanol–water partition coefficient (Wildman–Crippen LogP) is 6.55. The molecule has 6 atom stereocenters. The maximum atomic E-state index is 14.2. The number of nitrogens with zero attached hydrogens (tertiary/aromatic N) is 10. The Kier molecular flexibility index (Phi) is 15.3. The number of thiazole rings is 1. The van der Waals surface area contributed by atoms with Gasteiger partial charge < -0.3 is 54.7 Å². The van der Waals surface area contributed by atoms with Gasteiger partial charge in [-0.05, 0) is 80.9 Å². The molecule has 5 fully saturated rings. The first-order chi connectivity index (χ1) is 37.3. The van der Waals surface area contributed by atoms with Crippen molar-refractivity contribution >= 4 is 40.3 Å². The Hall–Kier alpha value is -6.94. The summed E-state index contributed by atoms with van der Waals surface area (Å²) < 4.78 is 24.7. The standard InChI is InChI=1S/C56H68N12O8S/c1-32(2)52(56(72)67-30-39(69)22-47(67)55(71)61-33(3)44-12-9-35(27-59-44)53-34(4)60-31-77-53)49-26-51(64-76-49)73-20-19-65-17-14-40(15-18-65)74-41-23-42(24-41)75-50-21-36(13-16-58-50)68-37-10-11-38(68)29-66(28-37)46-25-45(62-63-54(46)57)43-7-5-6-8-48(43)70/h5-9,12-13,16,21,25-27,31-33,37-42,47,52,69-70H,10-11,14-15,17-20,22-24,28-30H2,1-4H3,(H2,57,63)(H,61,71)/t33-,37?,38?,39+,41-,42-,47-,52+/m0/s1. The Balaban J connectivity index is 0.601. The fraction of sp³-hybridized carbons (Fsp3) is 0.500. The van der Waals surface area contributed by atoms with Crippen LogP contribution in [0.25, 0.3) is 21.7 Å². The number of anilines is 3. The summed E-state index contributed by atoms with van der Waals surface area (Å²) in [6.07, 6.45) is 8.95. The summed E-state index contributed by atoms with van der Waals surface area (Å²) in [4.78, 5) is 51.2. The highest BCUT2D eigenvalue weighted by Crippen LogP contribution is 2.41. The highest BCUT2D eigenvalue weighted by Gasteiger charge is 2.45. The van der Waals surface area contributed by atoms with E-state index in [9.17, 15) is 19.8 Å². The number of nitrogen functional groups attached to an aromatic ring is 1. The van der Waals surface area contributed by atoms with Gasteiger partial charge in [0.1, 0.15) is 30.4 Å². The van der Waals surface area contributed by atoms with Crippen LogP contribution >= 0.6 is 11.3 Å². The van der Waals surface area contributed by atoms with Crippen molar-refractivity contribution in [1.29, 1.82) is 0 Å². The third kappa shape index (κ3) is 11.4. The number of amides is 2. The normalized spacial score (nSPS) is 23.5. The van der Waals surface area contributed by atoms with Gasteiger partial charge in [-0.3, -0.25) is 19.5 Å². The van der Waals surface area contributed by atoms with E-state index in [2.05, 4.69) is 62.5 Å². The molecule has 11 rings (SSSR count). The second-order valence-corrected chi connectivity index (χ2v) is 22.4. The molecule has 77 heavy (non-hydrogen) atoms. The number of piperidine rings is 1. The first kappa shape index (κ1) is 52.1. The fourth-order valence-electron chi connectivity index (χ4n) is 11.8. The lowest BCUT2D eigenvalue weighted by Crippen LogP contribution is -2.54. The first-order valence-corrected chi connectivity index (χ1v) is 27.9. The Morgan fingerprint density at radius 1 is 0.896 bits per heavy atom. The van der Waals surface area contributed by atoms with Crippen LogP contribution in [-0.2, 0) is 14.3 Å². The van der Waals surface area contributed by atoms with Gasteiger partial charge in [-0.25, -0.2) is 9.97 Å². The van der Waals surface area contributed by atoms with E-state index in [4.69, 9.17) is 24.5 Å². The quantitative estimate of drug-likeness (QED) is 0.0713. The molecule has 20 nitrogen and oxygen atoms in total. The third-order valence-corrected chi connectivity index (χ3v) is 16.9. The number of β-amino-alcohol motifs (C(OH)–C–C–N with tert-alkyl or cyclic N) is 1. The number of pyridine rings is 2. The topological polar surface area (TPSA) is 244 Å². The van der Waals surface area contributed by atoms with Crippen LogP contribution in [0.4, 0.5) is 17.2 Å². The summed E-state index contributed by atoms with van der Waals surface area (Å²) in [5.74, 6) is 0.240. The number of nitrogens with one attached hydrogen (secondary N) is 1. The van der Waals surface area contributed by atoms with Gasteiger partial charge in [0.25, 0.3) is 5.88 Å². The lowest BCUT2D eigenvalue weighted by molar-refractivity contribution is -0.141. The molecular formula is C56H68N12O8S. The molecular weight excluding hydrogens is 1000 g/mol. The number of hydrogen-bond acceptors (Lipinski definition) is 19. The number of aliphatic hydroxyl groups excluding tert-OH is 1. The van der Waals surface area contributed by atoms with Crippen LogP contribution in [0.1, 0.15) is 94.8 Å². The van der Waals surface area contributed by atoms with Crippen molar-refractivity contribution in [3.8, 4) is 39.2 Å². The van der Waals surface area contributed by atoms with E-state index in [0.29, 0.717) is 53.4 Å². The average molecular weight is 1070 g/mol. The number of aromatic hydroxyl groups is 1. The first-order valence-electron chi connectivity index (χ1n) is 27.0. The highest BCUT2D eigenvalue weighted by molar-refractivity contribution is 7.13. The molecule has 5 aliphatic rings. The number of nitrogens with two attached hydrogens (primary N) is 1. The maximum Gasteiger partial charge on any atom is 0.254 e. The second-order valence-electron chi connectivity index (χ2n) is 21.6. The van der Waals surface area contributed by atoms with Crippen molar-refractivity contribution in [3.05, 3.63) is 95.7 Å². The molecule has 0 spiro atoms. The van der Waals surface area contributed by atoms with Gasteiger partial charge in [-0.2, -0.15) is 0 Å². The zero-order valence-corrected chi connectivity index (χ0v) is 44.8. The summed E-state index contributed by atoms with van der Waals surface area (Å²) in [6.45, 7) is 12.1. The van der Waals surface area contributed by atoms with Gasteiger partial charge in [-0.1, -0.05) is 32.0 Å². The molecule has 9 heterocycles. The van der Waals surface area contributed by atoms with E-state index in [-0.39, 0.29) is 66.8 Å². The maximum absolute atomic E-state index is 14.2. The molecule has 2 amide bonds. The Bertz CT molecular complexity index is 3000. The number of phenolic OH excluding ortho intramolecular Hbond substituents is 1. The van der Waals surface area contributed by atoms with Crippen LogP contribution in [0.2, 0.25) is 0 Å². The van der Waals surface area contributed by atoms with E-state index in [1.165, 1.54) is 4.90 Å². The number of rotatable bonds is 18. The van der Waals surface area contributed by atoms with Gasteiger partial charge in [0.2, 0.25) is 17.7 Å². The molecule has 0 radical (unpaired) electrons. The fourth-order valence-corrected chi connectivity index (χ4v) is 12.6. The summed E-state index contributed by atoms with van der Waals surface area (Å²) in [5, 5.41) is 36.9.